The highest BCUT2D eigenvalue weighted by atomic mass is 16.4. The van der Waals surface area contributed by atoms with Crippen molar-refractivity contribution in [2.75, 3.05) is 10.6 Å². The Hall–Kier alpha value is -2.27. The van der Waals surface area contributed by atoms with Crippen LogP contribution in [0.3, 0.4) is 0 Å². The van der Waals surface area contributed by atoms with Gasteiger partial charge in [0, 0.05) is 17.8 Å². The molecule has 0 aliphatic carbocycles. The van der Waals surface area contributed by atoms with E-state index in [0.717, 1.165) is 29.1 Å². The van der Waals surface area contributed by atoms with Crippen LogP contribution in [0, 0.1) is 0 Å². The summed E-state index contributed by atoms with van der Waals surface area (Å²) in [7, 11) is 0. The topological polar surface area (TPSA) is 74.5 Å². The molecule has 2 aromatic rings. The summed E-state index contributed by atoms with van der Waals surface area (Å²) in [5.41, 5.74) is 2.96. The number of nitrogens with one attached hydrogen (secondary N) is 2. The highest BCUT2D eigenvalue weighted by Gasteiger charge is 2.14. The van der Waals surface area contributed by atoms with Crippen LogP contribution in [-0.2, 0) is 24.4 Å². The lowest BCUT2D eigenvalue weighted by Gasteiger charge is -2.17. The molecule has 1 aromatic heterocycles. The van der Waals surface area contributed by atoms with Crippen molar-refractivity contribution >= 4 is 17.3 Å². The maximum absolute atomic E-state index is 11.4. The Balaban J connectivity index is 1.68. The monoisotopic (exact) mass is 272 g/mol. The second kappa shape index (κ2) is 5.38. The Morgan fingerprint density at radius 2 is 2.05 bits per heavy atom. The van der Waals surface area contributed by atoms with Crippen molar-refractivity contribution in [1.82, 2.24) is 0 Å². The fourth-order valence-electron chi connectivity index (χ4n) is 2.27. The maximum Gasteiger partial charge on any atom is 0.224 e. The molecule has 5 heteroatoms. The molecule has 5 nitrogen and oxygen atoms in total. The van der Waals surface area contributed by atoms with Crippen LogP contribution in [0.15, 0.2) is 34.7 Å². The molecule has 2 heterocycles. The third-order valence-electron chi connectivity index (χ3n) is 3.35. The number of aliphatic hydroxyl groups is 1. The molecule has 104 valence electrons. The smallest absolute Gasteiger partial charge is 0.224 e. The fraction of sp³-hybridized carbons (Fsp3) is 0.267. The largest absolute Gasteiger partial charge is 0.462 e. The van der Waals surface area contributed by atoms with Crippen molar-refractivity contribution in [1.29, 1.82) is 0 Å². The second-order valence-electron chi connectivity index (χ2n) is 4.80. The first kappa shape index (κ1) is 12.7. The number of aliphatic hydroxyl groups excluding tert-OH is 1. The van der Waals surface area contributed by atoms with E-state index < -0.39 is 0 Å². The van der Waals surface area contributed by atoms with E-state index in [1.54, 1.807) is 6.07 Å². The number of hydrogen-bond donors (Lipinski definition) is 3. The van der Waals surface area contributed by atoms with Gasteiger partial charge in [-0.2, -0.15) is 0 Å². The molecule has 3 N–H and O–H groups in total. The number of carbonyl (C=O) groups is 1. The van der Waals surface area contributed by atoms with Crippen molar-refractivity contribution in [2.45, 2.75) is 26.0 Å². The van der Waals surface area contributed by atoms with Crippen LogP contribution in [-0.4, -0.2) is 11.0 Å². The SMILES string of the molecule is O=C1CCc2ccc(NCc3ccc(CO)o3)cc2N1. The Bertz CT molecular complexity index is 634. The second-order valence-corrected chi connectivity index (χ2v) is 4.80. The minimum atomic E-state index is -0.0924. The van der Waals surface area contributed by atoms with Gasteiger partial charge >= 0.3 is 0 Å². The van der Waals surface area contributed by atoms with Crippen LogP contribution in [0.25, 0.3) is 0 Å². The molecule has 0 bridgehead atoms. The van der Waals surface area contributed by atoms with Crippen molar-refractivity contribution in [3.63, 3.8) is 0 Å². The predicted octanol–water partition coefficient (Wildman–Crippen LogP) is 2.27. The third kappa shape index (κ3) is 2.67. The lowest BCUT2D eigenvalue weighted by Crippen LogP contribution is -2.19. The number of furan rings is 1. The van der Waals surface area contributed by atoms with Gasteiger partial charge in [-0.3, -0.25) is 4.79 Å². The number of anilines is 2. The molecule has 1 aliphatic heterocycles. The number of carbonyl (C=O) groups excluding carboxylic acids is 1. The van der Waals surface area contributed by atoms with Gasteiger partial charge in [-0.25, -0.2) is 0 Å². The van der Waals surface area contributed by atoms with Gasteiger partial charge in [0.1, 0.15) is 18.1 Å². The third-order valence-corrected chi connectivity index (χ3v) is 3.35. The molecule has 0 unspecified atom stereocenters. The maximum atomic E-state index is 11.4. The normalized spacial score (nSPS) is 13.8. The van der Waals surface area contributed by atoms with Gasteiger partial charge in [-0.05, 0) is 36.2 Å². The van der Waals surface area contributed by atoms with Crippen molar-refractivity contribution < 1.29 is 14.3 Å². The molecule has 1 amide bonds. The van der Waals surface area contributed by atoms with Crippen molar-refractivity contribution in [2.24, 2.45) is 0 Å². The summed E-state index contributed by atoms with van der Waals surface area (Å²) in [6, 6.07) is 9.54. The molecule has 0 atom stereocenters. The lowest BCUT2D eigenvalue weighted by atomic mass is 10.0. The van der Waals surface area contributed by atoms with Crippen LogP contribution < -0.4 is 10.6 Å². The van der Waals surface area contributed by atoms with Crippen LogP contribution in [0.4, 0.5) is 11.4 Å². The molecule has 20 heavy (non-hydrogen) atoms. The summed E-state index contributed by atoms with van der Waals surface area (Å²) < 4.78 is 5.40. The average Bonchev–Trinajstić information content (AvgIpc) is 2.92. The minimum absolute atomic E-state index is 0.0632. The summed E-state index contributed by atoms with van der Waals surface area (Å²) in [6.07, 6.45) is 1.34. The number of fused-ring (bicyclic) bond motifs is 1. The van der Waals surface area contributed by atoms with Crippen LogP contribution >= 0.6 is 0 Å². The number of rotatable bonds is 4. The number of benzene rings is 1. The van der Waals surface area contributed by atoms with Crippen molar-refractivity contribution in [3.8, 4) is 0 Å². The van der Waals surface area contributed by atoms with E-state index in [9.17, 15) is 4.79 Å². The number of hydrogen-bond acceptors (Lipinski definition) is 4. The Kier molecular flexibility index (Phi) is 3.43. The zero-order chi connectivity index (χ0) is 13.9. The molecule has 3 rings (SSSR count). The van der Waals surface area contributed by atoms with Crippen LogP contribution in [0.2, 0.25) is 0 Å². The van der Waals surface area contributed by atoms with Crippen LogP contribution in [0.5, 0.6) is 0 Å². The van der Waals surface area contributed by atoms with E-state index in [2.05, 4.69) is 10.6 Å². The van der Waals surface area contributed by atoms with E-state index in [-0.39, 0.29) is 12.5 Å². The first-order chi connectivity index (χ1) is 9.74. The van der Waals surface area contributed by atoms with Crippen LogP contribution in [0.1, 0.15) is 23.5 Å². The molecule has 0 radical (unpaired) electrons. The summed E-state index contributed by atoms with van der Waals surface area (Å²) in [6.45, 7) is 0.442. The minimum Gasteiger partial charge on any atom is -0.462 e. The van der Waals surface area contributed by atoms with Gasteiger partial charge in [0.15, 0.2) is 0 Å². The van der Waals surface area contributed by atoms with Gasteiger partial charge in [0.25, 0.3) is 0 Å². The van der Waals surface area contributed by atoms with E-state index in [1.807, 2.05) is 24.3 Å². The predicted molar refractivity (Wildman–Crippen MR) is 75.4 cm³/mol. The van der Waals surface area contributed by atoms with E-state index >= 15 is 0 Å². The lowest BCUT2D eigenvalue weighted by molar-refractivity contribution is -0.116. The average molecular weight is 272 g/mol. The summed E-state index contributed by atoms with van der Waals surface area (Å²) >= 11 is 0. The van der Waals surface area contributed by atoms with E-state index in [4.69, 9.17) is 9.52 Å². The number of amides is 1. The van der Waals surface area contributed by atoms with Gasteiger partial charge in [-0.1, -0.05) is 6.07 Å². The molecule has 0 saturated heterocycles. The molecule has 0 saturated carbocycles. The van der Waals surface area contributed by atoms with Gasteiger partial charge < -0.3 is 20.2 Å². The zero-order valence-electron chi connectivity index (χ0n) is 11.0. The molecule has 0 fully saturated rings. The first-order valence-corrected chi connectivity index (χ1v) is 6.60. The summed E-state index contributed by atoms with van der Waals surface area (Å²) in [5, 5.41) is 15.1. The Morgan fingerprint density at radius 1 is 1.20 bits per heavy atom. The van der Waals surface area contributed by atoms with Crippen molar-refractivity contribution in [3.05, 3.63) is 47.4 Å². The van der Waals surface area contributed by atoms with E-state index in [1.165, 1.54) is 0 Å². The first-order valence-electron chi connectivity index (χ1n) is 6.60. The Labute approximate surface area is 116 Å². The highest BCUT2D eigenvalue weighted by Crippen LogP contribution is 2.26. The molecule has 0 spiro atoms. The standard InChI is InChI=1S/C15H16N2O3/c18-9-13-5-4-12(20-13)8-16-11-3-1-10-2-6-15(19)17-14(10)7-11/h1,3-5,7,16,18H,2,6,8-9H2,(H,17,19). The van der Waals surface area contributed by atoms with Gasteiger partial charge in [0.05, 0.1) is 6.54 Å². The van der Waals surface area contributed by atoms with E-state index in [0.29, 0.717) is 18.7 Å². The van der Waals surface area contributed by atoms with Gasteiger partial charge in [-0.15, -0.1) is 0 Å². The summed E-state index contributed by atoms with van der Waals surface area (Å²) in [4.78, 5) is 11.4. The summed E-state index contributed by atoms with van der Waals surface area (Å²) in [5.74, 6) is 1.38. The van der Waals surface area contributed by atoms with Gasteiger partial charge in [0.2, 0.25) is 5.91 Å². The molecule has 1 aliphatic rings. The molecular formula is C15H16N2O3. The Morgan fingerprint density at radius 3 is 2.85 bits per heavy atom. The fourth-order valence-corrected chi connectivity index (χ4v) is 2.27. The molecule has 1 aromatic carbocycles. The highest BCUT2D eigenvalue weighted by molar-refractivity contribution is 5.94. The molecular weight excluding hydrogens is 256 g/mol. The quantitative estimate of drug-likeness (QED) is 0.798. The number of aryl methyl sites for hydroxylation is 1. The zero-order valence-corrected chi connectivity index (χ0v) is 11.0.